The van der Waals surface area contributed by atoms with Gasteiger partial charge in [-0.3, -0.25) is 4.79 Å². The number of carbonyl (C=O) groups is 1. The molecule has 0 radical (unpaired) electrons. The average Bonchev–Trinajstić information content (AvgIpc) is 2.92. The summed E-state index contributed by atoms with van der Waals surface area (Å²) in [4.78, 5) is 24.7. The van der Waals surface area contributed by atoms with E-state index in [4.69, 9.17) is 9.47 Å². The maximum Gasteiger partial charge on any atom is 0.347 e. The number of pyridine rings is 1. The molecule has 0 spiro atoms. The molecule has 1 aliphatic heterocycles. The Labute approximate surface area is 129 Å². The highest BCUT2D eigenvalue weighted by Gasteiger charge is 2.31. The summed E-state index contributed by atoms with van der Waals surface area (Å²) >= 11 is 3.38. The number of nitrogens with zero attached hydrogens (tertiary/aromatic N) is 1. The number of alkyl halides is 1. The van der Waals surface area contributed by atoms with Gasteiger partial charge in [-0.05, 0) is 19.1 Å². The van der Waals surface area contributed by atoms with Gasteiger partial charge in [0.1, 0.15) is 6.10 Å². The van der Waals surface area contributed by atoms with Crippen molar-refractivity contribution in [3.63, 3.8) is 0 Å². The first kappa shape index (κ1) is 14.1. The van der Waals surface area contributed by atoms with E-state index in [-0.39, 0.29) is 23.7 Å². The number of para-hydroxylation sites is 1. The Hall–Kier alpha value is -1.82. The van der Waals surface area contributed by atoms with Gasteiger partial charge in [0.25, 0.3) is 0 Å². The molecule has 0 bridgehead atoms. The Morgan fingerprint density at radius 2 is 2.24 bits per heavy atom. The second-order valence-corrected chi connectivity index (χ2v) is 5.40. The number of esters is 1. The van der Waals surface area contributed by atoms with Crippen LogP contribution in [0.1, 0.15) is 17.3 Å². The van der Waals surface area contributed by atoms with E-state index in [0.29, 0.717) is 23.1 Å². The molecule has 2 heterocycles. The van der Waals surface area contributed by atoms with Crippen LogP contribution in [0.3, 0.4) is 0 Å². The second-order valence-electron chi connectivity index (χ2n) is 4.75. The first-order valence-electron chi connectivity index (χ1n) is 6.72. The van der Waals surface area contributed by atoms with Gasteiger partial charge in [-0.25, -0.2) is 4.79 Å². The van der Waals surface area contributed by atoms with Gasteiger partial charge in [-0.1, -0.05) is 28.1 Å². The molecular formula is C15H14BrNO4. The van der Waals surface area contributed by atoms with Crippen LogP contribution < -0.4 is 10.2 Å². The molecule has 0 saturated carbocycles. The lowest BCUT2D eigenvalue weighted by molar-refractivity contribution is 0.0519. The Morgan fingerprint density at radius 1 is 1.48 bits per heavy atom. The van der Waals surface area contributed by atoms with Crippen molar-refractivity contribution < 1.29 is 14.3 Å². The Morgan fingerprint density at radius 3 is 2.95 bits per heavy atom. The lowest BCUT2D eigenvalue weighted by Crippen LogP contribution is -2.21. The molecule has 6 heteroatoms. The summed E-state index contributed by atoms with van der Waals surface area (Å²) in [6, 6.07) is 7.22. The van der Waals surface area contributed by atoms with Crippen molar-refractivity contribution in [2.24, 2.45) is 0 Å². The van der Waals surface area contributed by atoms with Crippen LogP contribution in [0.4, 0.5) is 0 Å². The Balaban J connectivity index is 2.31. The number of carbonyl (C=O) groups excluding carboxylic acids is 1. The number of fused-ring (bicyclic) bond motifs is 3. The van der Waals surface area contributed by atoms with Gasteiger partial charge < -0.3 is 14.0 Å². The molecule has 0 amide bonds. The topological polar surface area (TPSA) is 57.5 Å². The number of hydrogen-bond acceptors (Lipinski definition) is 4. The number of rotatable bonds is 3. The smallest absolute Gasteiger partial charge is 0.347 e. The molecule has 0 saturated heterocycles. The molecule has 21 heavy (non-hydrogen) atoms. The van der Waals surface area contributed by atoms with E-state index in [2.05, 4.69) is 15.9 Å². The summed E-state index contributed by atoms with van der Waals surface area (Å²) in [5, 5.41) is 1.13. The van der Waals surface area contributed by atoms with Crippen molar-refractivity contribution in [1.82, 2.24) is 4.57 Å². The van der Waals surface area contributed by atoms with Crippen molar-refractivity contribution >= 4 is 32.8 Å². The zero-order chi connectivity index (χ0) is 15.0. The number of halogens is 1. The molecule has 0 fully saturated rings. The molecule has 1 aromatic heterocycles. The highest BCUT2D eigenvalue weighted by molar-refractivity contribution is 9.09. The molecule has 1 aromatic carbocycles. The summed E-state index contributed by atoms with van der Waals surface area (Å²) in [5.74, 6) is -0.325. The van der Waals surface area contributed by atoms with E-state index in [9.17, 15) is 9.59 Å². The van der Waals surface area contributed by atoms with Gasteiger partial charge in [-0.15, -0.1) is 0 Å². The van der Waals surface area contributed by atoms with E-state index in [1.807, 2.05) is 16.7 Å². The lowest BCUT2D eigenvalue weighted by Gasteiger charge is -2.11. The minimum atomic E-state index is -0.632. The van der Waals surface area contributed by atoms with Gasteiger partial charge in [0.05, 0.1) is 18.7 Å². The summed E-state index contributed by atoms with van der Waals surface area (Å²) in [7, 11) is 0. The number of ether oxygens (including phenoxy) is 2. The summed E-state index contributed by atoms with van der Waals surface area (Å²) in [5.41, 5.74) is 0.415. The molecule has 1 atom stereocenters. The van der Waals surface area contributed by atoms with Crippen molar-refractivity contribution in [3.05, 3.63) is 40.1 Å². The first-order chi connectivity index (χ1) is 10.2. The van der Waals surface area contributed by atoms with Gasteiger partial charge in [0.2, 0.25) is 11.3 Å². The average molecular weight is 352 g/mol. The van der Waals surface area contributed by atoms with Crippen molar-refractivity contribution in [2.75, 3.05) is 11.9 Å². The third kappa shape index (κ3) is 2.23. The monoisotopic (exact) mass is 351 g/mol. The third-order valence-electron chi connectivity index (χ3n) is 3.44. The zero-order valence-corrected chi connectivity index (χ0v) is 13.1. The molecule has 1 aliphatic rings. The van der Waals surface area contributed by atoms with Crippen LogP contribution >= 0.6 is 15.9 Å². The molecule has 2 aromatic rings. The quantitative estimate of drug-likeness (QED) is 0.629. The fraction of sp³-hybridized carbons (Fsp3) is 0.333. The fourth-order valence-electron chi connectivity index (χ4n) is 2.54. The predicted molar refractivity (Wildman–Crippen MR) is 82.4 cm³/mol. The summed E-state index contributed by atoms with van der Waals surface area (Å²) in [6.45, 7) is 2.51. The van der Waals surface area contributed by atoms with Crippen LogP contribution in [0, 0.1) is 0 Å². The van der Waals surface area contributed by atoms with Gasteiger partial charge >= 0.3 is 5.97 Å². The molecule has 5 nitrogen and oxygen atoms in total. The van der Waals surface area contributed by atoms with E-state index >= 15 is 0 Å². The van der Waals surface area contributed by atoms with Crippen LogP contribution in [-0.4, -0.2) is 28.6 Å². The molecule has 0 N–H and O–H groups in total. The van der Waals surface area contributed by atoms with Crippen LogP contribution in [0.25, 0.3) is 10.9 Å². The van der Waals surface area contributed by atoms with E-state index in [1.54, 1.807) is 19.1 Å². The number of benzene rings is 1. The van der Waals surface area contributed by atoms with Crippen LogP contribution in [-0.2, 0) is 11.3 Å². The lowest BCUT2D eigenvalue weighted by atomic mass is 10.1. The summed E-state index contributed by atoms with van der Waals surface area (Å²) < 4.78 is 12.6. The molecular weight excluding hydrogens is 338 g/mol. The Bertz CT molecular complexity index is 768. The molecule has 1 unspecified atom stereocenters. The number of hydrogen-bond donors (Lipinski definition) is 0. The standard InChI is InChI=1S/C15H14BrNO4/c1-2-20-15(19)12-13(18)10-5-3-4-6-11(10)17-8-9(7-16)21-14(12)17/h3-6,9H,2,7-8H2,1H3. The van der Waals surface area contributed by atoms with E-state index in [0.717, 1.165) is 5.52 Å². The maximum absolute atomic E-state index is 12.6. The van der Waals surface area contributed by atoms with Crippen LogP contribution in [0.5, 0.6) is 5.88 Å². The largest absolute Gasteiger partial charge is 0.472 e. The van der Waals surface area contributed by atoms with Crippen LogP contribution in [0.15, 0.2) is 29.1 Å². The first-order valence-corrected chi connectivity index (χ1v) is 7.84. The summed E-state index contributed by atoms with van der Waals surface area (Å²) in [6.07, 6.45) is -0.108. The predicted octanol–water partition coefficient (Wildman–Crippen LogP) is 2.33. The normalized spacial score (nSPS) is 16.6. The van der Waals surface area contributed by atoms with Gasteiger partial charge in [0.15, 0.2) is 5.56 Å². The SMILES string of the molecule is CCOC(=O)c1c2n(c3ccccc3c1=O)CC(CBr)O2. The molecule has 0 aliphatic carbocycles. The Kier molecular flexibility index (Phi) is 3.71. The van der Waals surface area contributed by atoms with Crippen molar-refractivity contribution in [1.29, 1.82) is 0 Å². The highest BCUT2D eigenvalue weighted by Crippen LogP contribution is 2.30. The zero-order valence-electron chi connectivity index (χ0n) is 11.5. The minimum absolute atomic E-state index is 0.0148. The third-order valence-corrected chi connectivity index (χ3v) is 4.16. The van der Waals surface area contributed by atoms with Crippen molar-refractivity contribution in [2.45, 2.75) is 19.6 Å². The van der Waals surface area contributed by atoms with Gasteiger partial charge in [-0.2, -0.15) is 0 Å². The molecule has 110 valence electrons. The highest BCUT2D eigenvalue weighted by atomic mass is 79.9. The van der Waals surface area contributed by atoms with E-state index in [1.165, 1.54) is 0 Å². The van der Waals surface area contributed by atoms with Crippen LogP contribution in [0.2, 0.25) is 0 Å². The second kappa shape index (κ2) is 5.52. The fourth-order valence-corrected chi connectivity index (χ4v) is 2.88. The molecule has 3 rings (SSSR count). The van der Waals surface area contributed by atoms with Gasteiger partial charge in [0, 0.05) is 10.7 Å². The maximum atomic E-state index is 12.6. The van der Waals surface area contributed by atoms with Crippen molar-refractivity contribution in [3.8, 4) is 5.88 Å². The number of aromatic nitrogens is 1. The van der Waals surface area contributed by atoms with E-state index < -0.39 is 5.97 Å². The minimum Gasteiger partial charge on any atom is -0.472 e.